The molecule has 2 aromatic rings. The normalized spacial score (nSPS) is 16.9. The first-order valence-corrected chi connectivity index (χ1v) is 7.86. The van der Waals surface area contributed by atoms with Crippen molar-refractivity contribution in [3.05, 3.63) is 54.2 Å². The van der Waals surface area contributed by atoms with Crippen LogP contribution in [-0.4, -0.2) is 46.5 Å². The summed E-state index contributed by atoms with van der Waals surface area (Å²) >= 11 is 0. The second kappa shape index (κ2) is 6.70. The molecule has 1 aliphatic heterocycles. The number of carboxylic acid groups (broad SMARTS) is 1. The van der Waals surface area contributed by atoms with Crippen LogP contribution in [0.5, 0.6) is 0 Å². The number of hydrogen-bond acceptors (Lipinski definition) is 4. The number of aliphatic carboxylic acids is 1. The third kappa shape index (κ3) is 3.08. The molecule has 0 saturated carbocycles. The highest BCUT2D eigenvalue weighted by Crippen LogP contribution is 2.23. The van der Waals surface area contributed by atoms with Gasteiger partial charge >= 0.3 is 5.97 Å². The van der Waals surface area contributed by atoms with Crippen LogP contribution in [0.4, 0.5) is 11.5 Å². The first-order chi connectivity index (χ1) is 11.6. The molecule has 124 valence electrons. The minimum absolute atomic E-state index is 0.277. The molecule has 1 fully saturated rings. The van der Waals surface area contributed by atoms with Crippen molar-refractivity contribution in [2.75, 3.05) is 18.5 Å². The molecule has 1 aromatic carbocycles. The Balaban J connectivity index is 1.77. The van der Waals surface area contributed by atoms with Gasteiger partial charge in [-0.15, -0.1) is 0 Å². The van der Waals surface area contributed by atoms with E-state index >= 15 is 0 Å². The van der Waals surface area contributed by atoms with E-state index in [0.717, 1.165) is 5.69 Å². The van der Waals surface area contributed by atoms with Crippen molar-refractivity contribution in [2.24, 2.45) is 0 Å². The highest BCUT2D eigenvalue weighted by atomic mass is 16.4. The van der Waals surface area contributed by atoms with Gasteiger partial charge in [-0.05, 0) is 37.1 Å². The molecular weight excluding hydrogens is 306 g/mol. The maximum atomic E-state index is 12.5. The molecule has 1 amide bonds. The molecule has 6 heteroatoms. The number of likely N-dealkylation sites (tertiary alicyclic amines) is 1. The molecule has 0 bridgehead atoms. The van der Waals surface area contributed by atoms with Gasteiger partial charge in [0, 0.05) is 25.5 Å². The Morgan fingerprint density at radius 3 is 2.58 bits per heavy atom. The van der Waals surface area contributed by atoms with E-state index in [4.69, 9.17) is 0 Å². The van der Waals surface area contributed by atoms with Gasteiger partial charge in [0.05, 0.1) is 5.56 Å². The van der Waals surface area contributed by atoms with Crippen molar-refractivity contribution in [1.82, 2.24) is 9.88 Å². The zero-order valence-electron chi connectivity index (χ0n) is 13.4. The smallest absolute Gasteiger partial charge is 0.326 e. The molecular formula is C18H19N3O3. The van der Waals surface area contributed by atoms with E-state index in [2.05, 4.69) is 4.98 Å². The molecule has 1 aliphatic rings. The van der Waals surface area contributed by atoms with Gasteiger partial charge in [-0.25, -0.2) is 9.78 Å². The van der Waals surface area contributed by atoms with Crippen LogP contribution in [0.2, 0.25) is 0 Å². The quantitative estimate of drug-likeness (QED) is 0.935. The standard InChI is InChI=1S/C18H19N3O3/c1-20(14-6-3-2-4-7-14)16-10-9-13(12-19-16)17(22)21-11-5-8-15(21)18(23)24/h2-4,6-7,9-10,12,15H,5,8,11H2,1H3,(H,23,24). The highest BCUT2D eigenvalue weighted by molar-refractivity contribution is 5.96. The van der Waals surface area contributed by atoms with Crippen LogP contribution in [0.3, 0.4) is 0 Å². The van der Waals surface area contributed by atoms with E-state index < -0.39 is 12.0 Å². The van der Waals surface area contributed by atoms with Crippen LogP contribution < -0.4 is 4.90 Å². The highest BCUT2D eigenvalue weighted by Gasteiger charge is 2.34. The van der Waals surface area contributed by atoms with E-state index in [1.165, 1.54) is 11.1 Å². The number of pyridine rings is 1. The second-order valence-corrected chi connectivity index (χ2v) is 5.79. The lowest BCUT2D eigenvalue weighted by atomic mass is 10.2. The summed E-state index contributed by atoms with van der Waals surface area (Å²) < 4.78 is 0. The van der Waals surface area contributed by atoms with Gasteiger partial charge in [-0.1, -0.05) is 18.2 Å². The molecule has 2 heterocycles. The van der Waals surface area contributed by atoms with E-state index in [0.29, 0.717) is 30.8 Å². The van der Waals surface area contributed by atoms with Crippen molar-refractivity contribution in [3.8, 4) is 0 Å². The Morgan fingerprint density at radius 1 is 1.21 bits per heavy atom. The third-order valence-electron chi connectivity index (χ3n) is 4.28. The van der Waals surface area contributed by atoms with Crippen LogP contribution in [0.25, 0.3) is 0 Å². The van der Waals surface area contributed by atoms with Gasteiger partial charge in [0.1, 0.15) is 11.9 Å². The minimum Gasteiger partial charge on any atom is -0.480 e. The van der Waals surface area contributed by atoms with Crippen molar-refractivity contribution in [3.63, 3.8) is 0 Å². The minimum atomic E-state index is -0.950. The molecule has 1 atom stereocenters. The van der Waals surface area contributed by atoms with Crippen molar-refractivity contribution < 1.29 is 14.7 Å². The number of carboxylic acids is 1. The van der Waals surface area contributed by atoms with Crippen LogP contribution >= 0.6 is 0 Å². The molecule has 3 rings (SSSR count). The summed E-state index contributed by atoms with van der Waals surface area (Å²) in [5.74, 6) is -0.510. The molecule has 0 spiro atoms. The number of hydrogen-bond donors (Lipinski definition) is 1. The fourth-order valence-electron chi connectivity index (χ4n) is 2.93. The molecule has 0 aliphatic carbocycles. The third-order valence-corrected chi connectivity index (χ3v) is 4.28. The number of carbonyl (C=O) groups is 2. The summed E-state index contributed by atoms with van der Waals surface area (Å²) in [5.41, 5.74) is 1.41. The molecule has 24 heavy (non-hydrogen) atoms. The Hall–Kier alpha value is -2.89. The van der Waals surface area contributed by atoms with Crippen molar-refractivity contribution in [1.29, 1.82) is 0 Å². The molecule has 1 saturated heterocycles. The largest absolute Gasteiger partial charge is 0.480 e. The van der Waals surface area contributed by atoms with Gasteiger partial charge in [-0.3, -0.25) is 4.79 Å². The summed E-state index contributed by atoms with van der Waals surface area (Å²) in [6.45, 7) is 0.474. The summed E-state index contributed by atoms with van der Waals surface area (Å²) in [5, 5.41) is 9.21. The zero-order chi connectivity index (χ0) is 17.1. The summed E-state index contributed by atoms with van der Waals surface area (Å²) in [6, 6.07) is 12.5. The van der Waals surface area contributed by atoms with Gasteiger partial charge < -0.3 is 14.9 Å². The maximum absolute atomic E-state index is 12.5. The second-order valence-electron chi connectivity index (χ2n) is 5.79. The molecule has 1 N–H and O–H groups in total. The lowest BCUT2D eigenvalue weighted by molar-refractivity contribution is -0.141. The topological polar surface area (TPSA) is 73.7 Å². The average molecular weight is 325 g/mol. The predicted octanol–water partition coefficient (Wildman–Crippen LogP) is 2.54. The van der Waals surface area contributed by atoms with Gasteiger partial charge in [-0.2, -0.15) is 0 Å². The predicted molar refractivity (Wildman–Crippen MR) is 90.4 cm³/mol. The SMILES string of the molecule is CN(c1ccccc1)c1ccc(C(=O)N2CCCC2C(=O)O)cn1. The summed E-state index contributed by atoms with van der Waals surface area (Å²) in [4.78, 5) is 31.4. The van der Waals surface area contributed by atoms with Crippen LogP contribution in [0, 0.1) is 0 Å². The number of rotatable bonds is 4. The number of nitrogens with zero attached hydrogens (tertiary/aromatic N) is 3. The lowest BCUT2D eigenvalue weighted by Gasteiger charge is -2.22. The number of carbonyl (C=O) groups excluding carboxylic acids is 1. The van der Waals surface area contributed by atoms with Crippen molar-refractivity contribution >= 4 is 23.4 Å². The van der Waals surface area contributed by atoms with E-state index in [-0.39, 0.29) is 5.91 Å². The van der Waals surface area contributed by atoms with Gasteiger partial charge in [0.15, 0.2) is 0 Å². The van der Waals surface area contributed by atoms with Crippen LogP contribution in [0.1, 0.15) is 23.2 Å². The molecule has 1 unspecified atom stereocenters. The summed E-state index contributed by atoms with van der Waals surface area (Å²) in [6.07, 6.45) is 2.72. The Labute approximate surface area is 140 Å². The number of anilines is 2. The monoisotopic (exact) mass is 325 g/mol. The first kappa shape index (κ1) is 16.0. The number of amides is 1. The first-order valence-electron chi connectivity index (χ1n) is 7.86. The van der Waals surface area contributed by atoms with Crippen molar-refractivity contribution in [2.45, 2.75) is 18.9 Å². The molecule has 1 aromatic heterocycles. The summed E-state index contributed by atoms with van der Waals surface area (Å²) in [7, 11) is 1.90. The zero-order valence-corrected chi connectivity index (χ0v) is 13.4. The Bertz CT molecular complexity index is 731. The maximum Gasteiger partial charge on any atom is 0.326 e. The van der Waals surface area contributed by atoms with E-state index in [1.54, 1.807) is 12.1 Å². The molecule has 0 radical (unpaired) electrons. The fraction of sp³-hybridized carbons (Fsp3) is 0.278. The van der Waals surface area contributed by atoms with Gasteiger partial charge in [0.25, 0.3) is 5.91 Å². The Morgan fingerprint density at radius 2 is 1.96 bits per heavy atom. The molecule has 6 nitrogen and oxygen atoms in total. The van der Waals surface area contributed by atoms with Gasteiger partial charge in [0.2, 0.25) is 0 Å². The van der Waals surface area contributed by atoms with E-state index in [9.17, 15) is 14.7 Å². The Kier molecular flexibility index (Phi) is 4.46. The lowest BCUT2D eigenvalue weighted by Crippen LogP contribution is -2.40. The fourth-order valence-corrected chi connectivity index (χ4v) is 2.93. The van der Waals surface area contributed by atoms with E-state index in [1.807, 2.05) is 42.3 Å². The number of para-hydroxylation sites is 1. The average Bonchev–Trinajstić information content (AvgIpc) is 3.11. The number of benzene rings is 1. The number of aromatic nitrogens is 1. The van der Waals surface area contributed by atoms with Crippen LogP contribution in [-0.2, 0) is 4.79 Å². The van der Waals surface area contributed by atoms with Crippen LogP contribution in [0.15, 0.2) is 48.7 Å².